The fraction of sp³-hybridized carbons (Fsp3) is 0.333. The van der Waals surface area contributed by atoms with Crippen LogP contribution in [-0.4, -0.2) is 25.3 Å². The smallest absolute Gasteiger partial charge is 0.212 e. The van der Waals surface area contributed by atoms with Gasteiger partial charge in [0.1, 0.15) is 6.04 Å². The molecule has 0 fully saturated rings. The van der Waals surface area contributed by atoms with Gasteiger partial charge in [-0.1, -0.05) is 30.4 Å². The first-order valence-electron chi connectivity index (χ1n) is 6.30. The molecule has 0 rings (SSSR count). The molecule has 0 saturated carbocycles. The van der Waals surface area contributed by atoms with E-state index >= 15 is 0 Å². The van der Waals surface area contributed by atoms with E-state index in [9.17, 15) is 4.79 Å². The average Bonchev–Trinajstić information content (AvgIpc) is 2.38. The second-order valence-corrected chi connectivity index (χ2v) is 4.48. The van der Waals surface area contributed by atoms with E-state index in [1.54, 1.807) is 13.1 Å². The predicted octanol–water partition coefficient (Wildman–Crippen LogP) is 1.84. The van der Waals surface area contributed by atoms with Crippen LogP contribution in [0, 0.1) is 0 Å². The highest BCUT2D eigenvalue weighted by Gasteiger charge is 2.17. The van der Waals surface area contributed by atoms with E-state index < -0.39 is 0 Å². The van der Waals surface area contributed by atoms with Crippen LogP contribution in [0.1, 0.15) is 20.8 Å². The van der Waals surface area contributed by atoms with E-state index in [4.69, 9.17) is 0 Å². The fourth-order valence-electron chi connectivity index (χ4n) is 1.38. The van der Waals surface area contributed by atoms with Gasteiger partial charge in [-0.3, -0.25) is 4.79 Å². The number of rotatable bonds is 8. The van der Waals surface area contributed by atoms with Crippen molar-refractivity contribution in [3.63, 3.8) is 0 Å². The second-order valence-electron chi connectivity index (χ2n) is 4.48. The van der Waals surface area contributed by atoms with Crippen molar-refractivity contribution < 1.29 is 4.79 Å². The highest BCUT2D eigenvalue weighted by Crippen LogP contribution is 2.05. The molecule has 0 heterocycles. The van der Waals surface area contributed by atoms with E-state index in [0.717, 1.165) is 11.3 Å². The highest BCUT2D eigenvalue weighted by atomic mass is 16.1. The molecule has 1 amide bonds. The zero-order chi connectivity index (χ0) is 15.5. The van der Waals surface area contributed by atoms with E-state index in [1.165, 1.54) is 5.57 Å². The summed E-state index contributed by atoms with van der Waals surface area (Å²) in [6.07, 6.45) is 6.17. The zero-order valence-corrected chi connectivity index (χ0v) is 12.7. The quantitative estimate of drug-likeness (QED) is 0.158. The molecule has 0 aromatic heterocycles. The lowest BCUT2D eigenvalue weighted by molar-refractivity contribution is -0.108. The number of nitrogens with zero attached hydrogens (tertiary/aromatic N) is 1. The molecule has 0 saturated heterocycles. The summed E-state index contributed by atoms with van der Waals surface area (Å²) >= 11 is 0. The maximum absolute atomic E-state index is 10.7. The number of hydrazone groups is 1. The molecule has 0 spiro atoms. The van der Waals surface area contributed by atoms with Crippen LogP contribution in [-0.2, 0) is 4.79 Å². The van der Waals surface area contributed by atoms with Gasteiger partial charge in [0, 0.05) is 12.7 Å². The van der Waals surface area contributed by atoms with Gasteiger partial charge in [-0.05, 0) is 32.9 Å². The molecule has 0 radical (unpaired) electrons. The number of carbonyl (C=O) groups is 1. The molecule has 0 aliphatic heterocycles. The largest absolute Gasteiger partial charge is 0.372 e. The minimum Gasteiger partial charge on any atom is -0.372 e. The number of carbonyl (C=O) groups excluding carboxylic acids is 1. The molecule has 0 aromatic carbocycles. The Hall–Kier alpha value is -2.30. The number of hydrogen-bond donors (Lipinski definition) is 3. The van der Waals surface area contributed by atoms with Crippen LogP contribution in [0.2, 0.25) is 0 Å². The Bertz CT molecular complexity index is 443. The van der Waals surface area contributed by atoms with Crippen LogP contribution < -0.4 is 16.1 Å². The average molecular weight is 276 g/mol. The number of allylic oxidation sites excluding steroid dienone is 4. The molecule has 0 aromatic rings. The van der Waals surface area contributed by atoms with Gasteiger partial charge in [0.05, 0.1) is 0 Å². The van der Waals surface area contributed by atoms with Gasteiger partial charge in [0.2, 0.25) is 6.41 Å². The molecule has 1 atom stereocenters. The Balaban J connectivity index is 5.28. The number of hydrogen-bond acceptors (Lipinski definition) is 4. The lowest BCUT2D eigenvalue weighted by atomic mass is 10.1. The molecule has 0 bridgehead atoms. The molecular weight excluding hydrogens is 252 g/mol. The fourth-order valence-corrected chi connectivity index (χ4v) is 1.38. The lowest BCUT2D eigenvalue weighted by Crippen LogP contribution is -2.44. The van der Waals surface area contributed by atoms with Gasteiger partial charge in [0.15, 0.2) is 5.84 Å². The third-order valence-corrected chi connectivity index (χ3v) is 2.33. The predicted molar refractivity (Wildman–Crippen MR) is 85.1 cm³/mol. The SMILES string of the molecule is C=C/C(=C\C=C(C)C)NC(C(=C)C)/C(=N/NC)NC=O. The number of amides is 1. The van der Waals surface area contributed by atoms with Crippen molar-refractivity contribution in [2.45, 2.75) is 26.8 Å². The summed E-state index contributed by atoms with van der Waals surface area (Å²) in [4.78, 5) is 10.7. The van der Waals surface area contributed by atoms with E-state index in [-0.39, 0.29) is 6.04 Å². The molecule has 3 N–H and O–H groups in total. The van der Waals surface area contributed by atoms with Crippen molar-refractivity contribution in [2.75, 3.05) is 7.05 Å². The molecule has 1 unspecified atom stereocenters. The molecule has 20 heavy (non-hydrogen) atoms. The summed E-state index contributed by atoms with van der Waals surface area (Å²) in [5.41, 5.74) is 5.47. The molecular formula is C15H24N4O. The van der Waals surface area contributed by atoms with Crippen molar-refractivity contribution in [1.29, 1.82) is 0 Å². The Morgan fingerprint density at radius 1 is 1.25 bits per heavy atom. The summed E-state index contributed by atoms with van der Waals surface area (Å²) < 4.78 is 0. The Morgan fingerprint density at radius 3 is 2.30 bits per heavy atom. The summed E-state index contributed by atoms with van der Waals surface area (Å²) in [5, 5.41) is 9.84. The second kappa shape index (κ2) is 9.61. The van der Waals surface area contributed by atoms with E-state index in [1.807, 2.05) is 32.9 Å². The highest BCUT2D eigenvalue weighted by molar-refractivity contribution is 5.96. The monoisotopic (exact) mass is 276 g/mol. The molecule has 5 heteroatoms. The lowest BCUT2D eigenvalue weighted by Gasteiger charge is -2.21. The van der Waals surface area contributed by atoms with Gasteiger partial charge in [-0.2, -0.15) is 5.10 Å². The van der Waals surface area contributed by atoms with Crippen LogP contribution in [0.3, 0.4) is 0 Å². The zero-order valence-electron chi connectivity index (χ0n) is 12.7. The van der Waals surface area contributed by atoms with Gasteiger partial charge in [-0.25, -0.2) is 0 Å². The first-order chi connectivity index (χ1) is 9.46. The first kappa shape index (κ1) is 17.7. The third kappa shape index (κ3) is 6.58. The maximum atomic E-state index is 10.7. The topological polar surface area (TPSA) is 65.5 Å². The minimum atomic E-state index is -0.317. The summed E-state index contributed by atoms with van der Waals surface area (Å²) in [6.45, 7) is 13.6. The standard InChI is InChI=1S/C15H24N4O/c1-7-13(9-8-11(2)3)18-14(12(4)5)15(17-10-20)19-16-6/h7-10,14,16,18H,1,4H2,2-3,5-6H3,(H,17,19,20)/b13-9+. The normalized spacial score (nSPS) is 13.0. The van der Waals surface area contributed by atoms with Gasteiger partial charge >= 0.3 is 0 Å². The van der Waals surface area contributed by atoms with E-state index in [0.29, 0.717) is 12.2 Å². The van der Waals surface area contributed by atoms with Crippen LogP contribution in [0.4, 0.5) is 0 Å². The Labute approximate surface area is 121 Å². The third-order valence-electron chi connectivity index (χ3n) is 2.33. The van der Waals surface area contributed by atoms with Crippen LogP contribution in [0.25, 0.3) is 0 Å². The summed E-state index contributed by atoms with van der Waals surface area (Å²) in [7, 11) is 1.66. The maximum Gasteiger partial charge on any atom is 0.212 e. The molecule has 110 valence electrons. The van der Waals surface area contributed by atoms with Crippen molar-refractivity contribution in [3.8, 4) is 0 Å². The van der Waals surface area contributed by atoms with Gasteiger partial charge in [-0.15, -0.1) is 0 Å². The first-order valence-corrected chi connectivity index (χ1v) is 6.30. The summed E-state index contributed by atoms with van der Waals surface area (Å²) in [5.74, 6) is 0.444. The molecule has 5 nitrogen and oxygen atoms in total. The van der Waals surface area contributed by atoms with Crippen LogP contribution in [0.5, 0.6) is 0 Å². The minimum absolute atomic E-state index is 0.317. The molecule has 0 aliphatic rings. The van der Waals surface area contributed by atoms with Crippen molar-refractivity contribution >= 4 is 12.2 Å². The Morgan fingerprint density at radius 2 is 1.90 bits per heavy atom. The Kier molecular flexibility index (Phi) is 8.50. The van der Waals surface area contributed by atoms with Crippen molar-refractivity contribution in [2.24, 2.45) is 5.10 Å². The summed E-state index contributed by atoms with van der Waals surface area (Å²) in [6, 6.07) is -0.317. The van der Waals surface area contributed by atoms with Gasteiger partial charge in [0.25, 0.3) is 0 Å². The number of amidine groups is 1. The van der Waals surface area contributed by atoms with E-state index in [2.05, 4.69) is 34.3 Å². The van der Waals surface area contributed by atoms with Crippen molar-refractivity contribution in [3.05, 3.63) is 48.2 Å². The van der Waals surface area contributed by atoms with Crippen LogP contribution in [0.15, 0.2) is 53.3 Å². The van der Waals surface area contributed by atoms with Crippen LogP contribution >= 0.6 is 0 Å². The van der Waals surface area contributed by atoms with Crippen molar-refractivity contribution in [1.82, 2.24) is 16.1 Å². The molecule has 0 aliphatic carbocycles. The van der Waals surface area contributed by atoms with Gasteiger partial charge < -0.3 is 16.1 Å². The number of nitrogens with one attached hydrogen (secondary N) is 3.